The van der Waals surface area contributed by atoms with Gasteiger partial charge < -0.3 is 9.15 Å². The second kappa shape index (κ2) is 4.51. The third-order valence-corrected chi connectivity index (χ3v) is 2.77. The van der Waals surface area contributed by atoms with Crippen LogP contribution in [0, 0.1) is 6.92 Å². The smallest absolute Gasteiger partial charge is 0.374 e. The first-order valence-corrected chi connectivity index (χ1v) is 5.53. The lowest BCUT2D eigenvalue weighted by molar-refractivity contribution is 0.0176. The van der Waals surface area contributed by atoms with Crippen LogP contribution in [0.25, 0.3) is 0 Å². The highest BCUT2D eigenvalue weighted by Gasteiger charge is 2.20. The molecule has 1 aromatic rings. The average molecular weight is 208 g/mol. The fourth-order valence-corrected chi connectivity index (χ4v) is 1.94. The molecule has 0 atom stereocenters. The van der Waals surface area contributed by atoms with E-state index in [4.69, 9.17) is 9.15 Å². The second-order valence-electron chi connectivity index (χ2n) is 4.08. The van der Waals surface area contributed by atoms with Gasteiger partial charge in [0, 0.05) is 0 Å². The molecule has 3 nitrogen and oxygen atoms in total. The topological polar surface area (TPSA) is 39.4 Å². The maximum absolute atomic E-state index is 11.6. The first kappa shape index (κ1) is 10.3. The molecule has 0 spiro atoms. The van der Waals surface area contributed by atoms with Gasteiger partial charge in [-0.1, -0.05) is 6.42 Å². The predicted octanol–water partition coefficient (Wildman–Crippen LogP) is 3.08. The van der Waals surface area contributed by atoms with Crippen molar-refractivity contribution >= 4 is 5.97 Å². The summed E-state index contributed by atoms with van der Waals surface area (Å²) >= 11 is 0. The summed E-state index contributed by atoms with van der Waals surface area (Å²) in [5.41, 5.74) is 0. The van der Waals surface area contributed by atoms with Gasteiger partial charge in [0.2, 0.25) is 5.76 Å². The molecule has 3 heteroatoms. The van der Waals surface area contributed by atoms with E-state index in [0.29, 0.717) is 5.76 Å². The van der Waals surface area contributed by atoms with Crippen LogP contribution >= 0.6 is 0 Å². The molecular formula is C12H16O3. The van der Waals surface area contributed by atoms with E-state index >= 15 is 0 Å². The van der Waals surface area contributed by atoms with Crippen molar-refractivity contribution in [3.8, 4) is 0 Å². The lowest BCUT2D eigenvalue weighted by Gasteiger charge is -2.21. The molecular weight excluding hydrogens is 192 g/mol. The Morgan fingerprint density at radius 3 is 2.67 bits per heavy atom. The number of esters is 1. The predicted molar refractivity (Wildman–Crippen MR) is 55.7 cm³/mol. The van der Waals surface area contributed by atoms with Crippen molar-refractivity contribution < 1.29 is 13.9 Å². The zero-order valence-corrected chi connectivity index (χ0v) is 8.99. The minimum absolute atomic E-state index is 0.0941. The molecule has 1 aliphatic carbocycles. The molecule has 0 saturated heterocycles. The van der Waals surface area contributed by atoms with Crippen LogP contribution in [0.2, 0.25) is 0 Å². The molecule has 0 bridgehead atoms. The first-order chi connectivity index (χ1) is 7.25. The summed E-state index contributed by atoms with van der Waals surface area (Å²) in [4.78, 5) is 11.6. The SMILES string of the molecule is Cc1ccc(C(=O)OC2CCCCC2)o1. The lowest BCUT2D eigenvalue weighted by Crippen LogP contribution is -2.20. The average Bonchev–Trinajstić information content (AvgIpc) is 2.66. The summed E-state index contributed by atoms with van der Waals surface area (Å²) in [7, 11) is 0. The Morgan fingerprint density at radius 1 is 1.33 bits per heavy atom. The van der Waals surface area contributed by atoms with Gasteiger partial charge in [0.25, 0.3) is 0 Å². The monoisotopic (exact) mass is 208 g/mol. The highest BCUT2D eigenvalue weighted by atomic mass is 16.6. The number of furan rings is 1. The third kappa shape index (κ3) is 2.61. The van der Waals surface area contributed by atoms with Gasteiger partial charge in [0.15, 0.2) is 0 Å². The van der Waals surface area contributed by atoms with Crippen LogP contribution < -0.4 is 0 Å². The van der Waals surface area contributed by atoms with E-state index in [2.05, 4.69) is 0 Å². The number of carbonyl (C=O) groups is 1. The quantitative estimate of drug-likeness (QED) is 0.701. The number of ether oxygens (including phenoxy) is 1. The van der Waals surface area contributed by atoms with E-state index in [9.17, 15) is 4.79 Å². The summed E-state index contributed by atoms with van der Waals surface area (Å²) in [5.74, 6) is 0.735. The van der Waals surface area contributed by atoms with Gasteiger partial charge in [-0.25, -0.2) is 4.79 Å². The summed E-state index contributed by atoms with van der Waals surface area (Å²) in [6.45, 7) is 1.82. The Labute approximate surface area is 89.4 Å². The van der Waals surface area contributed by atoms with Gasteiger partial charge in [-0.3, -0.25) is 0 Å². The van der Waals surface area contributed by atoms with Crippen molar-refractivity contribution in [3.63, 3.8) is 0 Å². The van der Waals surface area contributed by atoms with Crippen LogP contribution in [0.15, 0.2) is 16.5 Å². The van der Waals surface area contributed by atoms with E-state index in [1.54, 1.807) is 12.1 Å². The van der Waals surface area contributed by atoms with Gasteiger partial charge in [0.1, 0.15) is 11.9 Å². The van der Waals surface area contributed by atoms with Gasteiger partial charge >= 0.3 is 5.97 Å². The van der Waals surface area contributed by atoms with Gasteiger partial charge in [-0.2, -0.15) is 0 Å². The molecule has 0 aliphatic heterocycles. The van der Waals surface area contributed by atoms with Crippen LogP contribution in [0.5, 0.6) is 0 Å². The van der Waals surface area contributed by atoms with E-state index in [0.717, 1.165) is 31.4 Å². The standard InChI is InChI=1S/C12H16O3/c1-9-7-8-11(14-9)12(13)15-10-5-3-2-4-6-10/h7-8,10H,2-6H2,1H3. The number of rotatable bonds is 2. The zero-order chi connectivity index (χ0) is 10.7. The number of hydrogen-bond acceptors (Lipinski definition) is 3. The van der Waals surface area contributed by atoms with Gasteiger partial charge in [0.05, 0.1) is 0 Å². The Morgan fingerprint density at radius 2 is 2.07 bits per heavy atom. The van der Waals surface area contributed by atoms with Crippen LogP contribution in [-0.2, 0) is 4.74 Å². The third-order valence-electron chi connectivity index (χ3n) is 2.77. The van der Waals surface area contributed by atoms with Gasteiger partial charge in [-0.05, 0) is 44.7 Å². The Kier molecular flexibility index (Phi) is 3.09. The Hall–Kier alpha value is -1.25. The van der Waals surface area contributed by atoms with E-state index in [-0.39, 0.29) is 12.1 Å². The lowest BCUT2D eigenvalue weighted by atomic mass is 9.98. The Bertz CT molecular complexity index is 334. The summed E-state index contributed by atoms with van der Waals surface area (Å²) in [6.07, 6.45) is 5.66. The molecule has 0 unspecified atom stereocenters. The molecule has 15 heavy (non-hydrogen) atoms. The highest BCUT2D eigenvalue weighted by molar-refractivity contribution is 5.86. The summed E-state index contributed by atoms with van der Waals surface area (Å²) in [6, 6.07) is 3.44. The first-order valence-electron chi connectivity index (χ1n) is 5.53. The fourth-order valence-electron chi connectivity index (χ4n) is 1.94. The highest BCUT2D eigenvalue weighted by Crippen LogP contribution is 2.21. The molecule has 1 saturated carbocycles. The maximum atomic E-state index is 11.6. The Balaban J connectivity index is 1.91. The zero-order valence-electron chi connectivity index (χ0n) is 8.99. The molecule has 0 radical (unpaired) electrons. The number of aryl methyl sites for hydroxylation is 1. The molecule has 0 N–H and O–H groups in total. The van der Waals surface area contributed by atoms with Crippen LogP contribution in [0.3, 0.4) is 0 Å². The van der Waals surface area contributed by atoms with E-state index in [1.165, 1.54) is 6.42 Å². The van der Waals surface area contributed by atoms with Crippen molar-refractivity contribution in [2.24, 2.45) is 0 Å². The maximum Gasteiger partial charge on any atom is 0.374 e. The van der Waals surface area contributed by atoms with Crippen molar-refractivity contribution in [3.05, 3.63) is 23.7 Å². The van der Waals surface area contributed by atoms with Crippen LogP contribution in [0.4, 0.5) is 0 Å². The van der Waals surface area contributed by atoms with Crippen LogP contribution in [0.1, 0.15) is 48.4 Å². The molecule has 1 heterocycles. The van der Waals surface area contributed by atoms with Crippen LogP contribution in [-0.4, -0.2) is 12.1 Å². The van der Waals surface area contributed by atoms with Crippen molar-refractivity contribution in [1.82, 2.24) is 0 Å². The summed E-state index contributed by atoms with van der Waals surface area (Å²) < 4.78 is 10.6. The van der Waals surface area contributed by atoms with Crippen molar-refractivity contribution in [2.75, 3.05) is 0 Å². The minimum atomic E-state index is -0.324. The van der Waals surface area contributed by atoms with Gasteiger partial charge in [-0.15, -0.1) is 0 Å². The molecule has 82 valence electrons. The van der Waals surface area contributed by atoms with E-state index in [1.807, 2.05) is 6.92 Å². The second-order valence-corrected chi connectivity index (χ2v) is 4.08. The summed E-state index contributed by atoms with van der Waals surface area (Å²) in [5, 5.41) is 0. The fraction of sp³-hybridized carbons (Fsp3) is 0.583. The molecule has 0 aromatic carbocycles. The molecule has 0 amide bonds. The minimum Gasteiger partial charge on any atom is -0.457 e. The largest absolute Gasteiger partial charge is 0.457 e. The van der Waals surface area contributed by atoms with E-state index < -0.39 is 0 Å². The van der Waals surface area contributed by atoms with Crippen molar-refractivity contribution in [2.45, 2.75) is 45.1 Å². The normalized spacial score (nSPS) is 17.7. The number of carbonyl (C=O) groups excluding carboxylic acids is 1. The molecule has 1 aliphatic rings. The molecule has 2 rings (SSSR count). The molecule has 1 aromatic heterocycles. The number of hydrogen-bond donors (Lipinski definition) is 0. The molecule has 1 fully saturated rings. The van der Waals surface area contributed by atoms with Crippen molar-refractivity contribution in [1.29, 1.82) is 0 Å².